The summed E-state index contributed by atoms with van der Waals surface area (Å²) >= 11 is 0. The van der Waals surface area contributed by atoms with Crippen LogP contribution in [0.5, 0.6) is 0 Å². The van der Waals surface area contributed by atoms with Crippen molar-refractivity contribution in [3.8, 4) is 0 Å². The summed E-state index contributed by atoms with van der Waals surface area (Å²) in [6.07, 6.45) is 1.74. The van der Waals surface area contributed by atoms with E-state index in [0.29, 0.717) is 45.8 Å². The molecular weight excluding hydrogens is 378 g/mol. The number of hydrogen-bond donors (Lipinski definition) is 1. The zero-order valence-corrected chi connectivity index (χ0v) is 17.4. The van der Waals surface area contributed by atoms with Gasteiger partial charge < -0.3 is 14.5 Å². The maximum absolute atomic E-state index is 12.6. The predicted octanol–water partition coefficient (Wildman–Crippen LogP) is -0.177. The molecule has 1 aromatic rings. The SMILES string of the molecule is C[C@@H]1CN(C(=O)C[NH+]2CCN(S(=O)(=O)/C=C/c3ccccc3)CC2)C[C@H](C)O1. The summed E-state index contributed by atoms with van der Waals surface area (Å²) in [5.41, 5.74) is 0.856. The molecule has 2 fully saturated rings. The van der Waals surface area contributed by atoms with Crippen molar-refractivity contribution in [2.24, 2.45) is 0 Å². The van der Waals surface area contributed by atoms with Crippen molar-refractivity contribution in [1.82, 2.24) is 9.21 Å². The van der Waals surface area contributed by atoms with E-state index in [4.69, 9.17) is 4.74 Å². The Kier molecular flexibility index (Phi) is 6.87. The molecule has 2 atom stereocenters. The van der Waals surface area contributed by atoms with Crippen LogP contribution in [0.15, 0.2) is 35.7 Å². The average Bonchev–Trinajstić information content (AvgIpc) is 2.67. The predicted molar refractivity (Wildman–Crippen MR) is 108 cm³/mol. The van der Waals surface area contributed by atoms with Crippen molar-refractivity contribution in [1.29, 1.82) is 0 Å². The molecular formula is C20H30N3O4S+. The van der Waals surface area contributed by atoms with E-state index in [1.54, 1.807) is 6.08 Å². The van der Waals surface area contributed by atoms with Crippen LogP contribution < -0.4 is 4.90 Å². The summed E-state index contributed by atoms with van der Waals surface area (Å²) < 4.78 is 32.3. The average molecular weight is 409 g/mol. The molecule has 2 aliphatic heterocycles. The third-order valence-corrected chi connectivity index (χ3v) is 6.76. The van der Waals surface area contributed by atoms with E-state index in [0.717, 1.165) is 10.5 Å². The van der Waals surface area contributed by atoms with Crippen LogP contribution in [0.4, 0.5) is 0 Å². The largest absolute Gasteiger partial charge is 0.372 e. The van der Waals surface area contributed by atoms with Crippen molar-refractivity contribution >= 4 is 22.0 Å². The molecule has 0 unspecified atom stereocenters. The van der Waals surface area contributed by atoms with Gasteiger partial charge in [0.05, 0.1) is 38.4 Å². The molecule has 28 heavy (non-hydrogen) atoms. The number of hydrogen-bond acceptors (Lipinski definition) is 4. The molecule has 1 aromatic carbocycles. The molecule has 3 rings (SSSR count). The van der Waals surface area contributed by atoms with Crippen molar-refractivity contribution in [2.45, 2.75) is 26.1 Å². The molecule has 8 heteroatoms. The van der Waals surface area contributed by atoms with Crippen LogP contribution in [0.1, 0.15) is 19.4 Å². The zero-order chi connectivity index (χ0) is 20.1. The summed E-state index contributed by atoms with van der Waals surface area (Å²) in [5.74, 6) is 0.122. The van der Waals surface area contributed by atoms with E-state index >= 15 is 0 Å². The Balaban J connectivity index is 1.50. The van der Waals surface area contributed by atoms with E-state index < -0.39 is 10.0 Å². The molecule has 2 saturated heterocycles. The summed E-state index contributed by atoms with van der Waals surface area (Å²) in [5, 5.41) is 1.27. The molecule has 0 bridgehead atoms. The number of rotatable bonds is 5. The van der Waals surface area contributed by atoms with Crippen LogP contribution in [0.2, 0.25) is 0 Å². The Morgan fingerprint density at radius 1 is 1.14 bits per heavy atom. The van der Waals surface area contributed by atoms with Gasteiger partial charge in [-0.1, -0.05) is 30.3 Å². The second kappa shape index (κ2) is 9.17. The first kappa shape index (κ1) is 21.0. The first-order chi connectivity index (χ1) is 13.3. The monoisotopic (exact) mass is 408 g/mol. The van der Waals surface area contributed by atoms with Gasteiger partial charge in [0.15, 0.2) is 6.54 Å². The van der Waals surface area contributed by atoms with Crippen molar-refractivity contribution in [3.63, 3.8) is 0 Å². The number of quaternary nitrogens is 1. The van der Waals surface area contributed by atoms with Crippen LogP contribution in [0.25, 0.3) is 6.08 Å². The Morgan fingerprint density at radius 3 is 2.36 bits per heavy atom. The fraction of sp³-hybridized carbons (Fsp3) is 0.550. The topological polar surface area (TPSA) is 71.4 Å². The zero-order valence-electron chi connectivity index (χ0n) is 16.6. The van der Waals surface area contributed by atoms with Crippen LogP contribution in [-0.2, 0) is 19.6 Å². The summed E-state index contributed by atoms with van der Waals surface area (Å²) in [6.45, 7) is 7.76. The first-order valence-electron chi connectivity index (χ1n) is 9.83. The molecule has 0 aliphatic carbocycles. The highest BCUT2D eigenvalue weighted by Gasteiger charge is 2.31. The number of morpholine rings is 1. The van der Waals surface area contributed by atoms with Crippen LogP contribution >= 0.6 is 0 Å². The second-order valence-electron chi connectivity index (χ2n) is 7.64. The number of sulfonamides is 1. The minimum absolute atomic E-state index is 0.0566. The third-order valence-electron chi connectivity index (χ3n) is 5.19. The summed E-state index contributed by atoms with van der Waals surface area (Å²) in [4.78, 5) is 15.6. The van der Waals surface area contributed by atoms with Gasteiger partial charge in [0.2, 0.25) is 10.0 Å². The van der Waals surface area contributed by atoms with E-state index in [2.05, 4.69) is 0 Å². The highest BCUT2D eigenvalue weighted by Crippen LogP contribution is 2.11. The molecule has 154 valence electrons. The highest BCUT2D eigenvalue weighted by atomic mass is 32.2. The Hall–Kier alpha value is -1.74. The van der Waals surface area contributed by atoms with Gasteiger partial charge in [-0.3, -0.25) is 4.79 Å². The first-order valence-corrected chi connectivity index (χ1v) is 11.3. The number of ether oxygens (including phenoxy) is 1. The summed E-state index contributed by atoms with van der Waals surface area (Å²) in [6, 6.07) is 9.39. The summed E-state index contributed by atoms with van der Waals surface area (Å²) in [7, 11) is -3.44. The van der Waals surface area contributed by atoms with Gasteiger partial charge >= 0.3 is 0 Å². The molecule has 0 radical (unpaired) electrons. The maximum atomic E-state index is 12.6. The lowest BCUT2D eigenvalue weighted by Crippen LogP contribution is -3.15. The van der Waals surface area contributed by atoms with E-state index in [-0.39, 0.29) is 18.1 Å². The number of carbonyl (C=O) groups excluding carboxylic acids is 1. The van der Waals surface area contributed by atoms with Crippen LogP contribution in [0, 0.1) is 0 Å². The number of carbonyl (C=O) groups is 1. The Bertz CT molecular complexity index is 779. The molecule has 0 spiro atoms. The maximum Gasteiger partial charge on any atom is 0.277 e. The minimum atomic E-state index is -3.44. The smallest absolute Gasteiger partial charge is 0.277 e. The lowest BCUT2D eigenvalue weighted by atomic mass is 10.2. The van der Waals surface area contributed by atoms with Crippen LogP contribution in [0.3, 0.4) is 0 Å². The van der Waals surface area contributed by atoms with Gasteiger partial charge in [-0.15, -0.1) is 0 Å². The number of nitrogens with one attached hydrogen (secondary N) is 1. The second-order valence-corrected chi connectivity index (χ2v) is 9.46. The van der Waals surface area contributed by atoms with Gasteiger partial charge in [0, 0.05) is 18.5 Å². The van der Waals surface area contributed by atoms with Gasteiger partial charge in [-0.25, -0.2) is 8.42 Å². The van der Waals surface area contributed by atoms with Crippen molar-refractivity contribution in [2.75, 3.05) is 45.8 Å². The number of piperazine rings is 1. The van der Waals surface area contributed by atoms with Crippen LogP contribution in [-0.4, -0.2) is 81.6 Å². The normalized spacial score (nSPS) is 25.3. The van der Waals surface area contributed by atoms with Gasteiger partial charge in [-0.2, -0.15) is 4.31 Å². The fourth-order valence-electron chi connectivity index (χ4n) is 3.76. The molecule has 1 N–H and O–H groups in total. The highest BCUT2D eigenvalue weighted by molar-refractivity contribution is 7.92. The minimum Gasteiger partial charge on any atom is -0.372 e. The van der Waals surface area contributed by atoms with Gasteiger partial charge in [0.1, 0.15) is 0 Å². The van der Waals surface area contributed by atoms with E-state index in [1.165, 1.54) is 9.71 Å². The quantitative estimate of drug-likeness (QED) is 0.734. The fourth-order valence-corrected chi connectivity index (χ4v) is 4.95. The van der Waals surface area contributed by atoms with Gasteiger partial charge in [0.25, 0.3) is 5.91 Å². The third kappa shape index (κ3) is 5.64. The number of benzene rings is 1. The van der Waals surface area contributed by atoms with Crippen molar-refractivity contribution in [3.05, 3.63) is 41.3 Å². The number of amides is 1. The lowest BCUT2D eigenvalue weighted by molar-refractivity contribution is -0.896. The Labute approximate surface area is 167 Å². The molecule has 0 saturated carbocycles. The molecule has 2 heterocycles. The molecule has 0 aromatic heterocycles. The standard InChI is InChI=1S/C20H29N3O4S/c1-17-14-22(15-18(2)27-17)20(24)16-21-9-11-23(12-10-21)28(25,26)13-8-19-6-4-3-5-7-19/h3-8,13,17-18H,9-12,14-16H2,1-2H3/p+1/b13-8+/t17-,18+. The lowest BCUT2D eigenvalue weighted by Gasteiger charge is -2.36. The van der Waals surface area contributed by atoms with E-state index in [9.17, 15) is 13.2 Å². The van der Waals surface area contributed by atoms with E-state index in [1.807, 2.05) is 49.1 Å². The molecule has 2 aliphatic rings. The molecule has 7 nitrogen and oxygen atoms in total. The van der Waals surface area contributed by atoms with Gasteiger partial charge in [-0.05, 0) is 25.5 Å². The number of nitrogens with zero attached hydrogens (tertiary/aromatic N) is 2. The Morgan fingerprint density at radius 2 is 1.75 bits per heavy atom. The van der Waals surface area contributed by atoms with Crippen molar-refractivity contribution < 1.29 is 22.8 Å². The molecule has 1 amide bonds.